The minimum atomic E-state index is 0. The molecule has 3 unspecified atom stereocenters. The van der Waals surface area contributed by atoms with Crippen molar-refractivity contribution in [2.75, 3.05) is 0 Å². The van der Waals surface area contributed by atoms with Crippen molar-refractivity contribution in [3.63, 3.8) is 0 Å². The van der Waals surface area contributed by atoms with Gasteiger partial charge in [0.15, 0.2) is 0 Å². The summed E-state index contributed by atoms with van der Waals surface area (Å²) in [5.41, 5.74) is 2.74. The molecule has 2 saturated carbocycles. The van der Waals surface area contributed by atoms with Crippen LogP contribution in [-0.2, 0) is 6.42 Å². The van der Waals surface area contributed by atoms with Crippen LogP contribution in [0.2, 0.25) is 0 Å². The molecule has 0 amide bonds. The maximum atomic E-state index is 2.50. The van der Waals surface area contributed by atoms with Gasteiger partial charge in [0.1, 0.15) is 0 Å². The first-order chi connectivity index (χ1) is 9.41. The van der Waals surface area contributed by atoms with Gasteiger partial charge >= 0.3 is 0 Å². The first-order valence-electron chi connectivity index (χ1n) is 8.45. The van der Waals surface area contributed by atoms with Crippen LogP contribution < -0.4 is 0 Å². The lowest BCUT2D eigenvalue weighted by Gasteiger charge is -2.37. The van der Waals surface area contributed by atoms with Gasteiger partial charge in [0.05, 0.1) is 0 Å². The Hall–Kier alpha value is -0.780. The van der Waals surface area contributed by atoms with E-state index in [1.54, 1.807) is 0 Å². The number of hydrogen-bond acceptors (Lipinski definition) is 0. The predicted molar refractivity (Wildman–Crippen MR) is 102 cm³/mol. The molecule has 3 atom stereocenters. The lowest BCUT2D eigenvalue weighted by molar-refractivity contribution is 0.112. The Balaban J connectivity index is 0.000000374. The molecule has 0 nitrogen and oxygen atoms in total. The molecule has 22 heavy (non-hydrogen) atoms. The topological polar surface area (TPSA) is 0 Å². The van der Waals surface area contributed by atoms with Gasteiger partial charge in [-0.3, -0.25) is 0 Å². The van der Waals surface area contributed by atoms with Crippen LogP contribution in [0.4, 0.5) is 0 Å². The second-order valence-electron chi connectivity index (χ2n) is 7.75. The number of hydrogen-bond donors (Lipinski definition) is 0. The van der Waals surface area contributed by atoms with E-state index in [1.165, 1.54) is 37.7 Å². The fourth-order valence-corrected chi connectivity index (χ4v) is 4.54. The standard InChI is InChI=1S/C11H20.C9H12.2CH4/c1-8-7-9-5-6-11(8,4)10(9,2)3;1-2-6-9-7-4-3-5-8-9;;/h8-9H,5-7H2,1-4H3;3-5,7-8H,2,6H2,1H3;2*1H4. The summed E-state index contributed by atoms with van der Waals surface area (Å²) in [5, 5.41) is 0. The van der Waals surface area contributed by atoms with Crippen molar-refractivity contribution in [2.24, 2.45) is 22.7 Å². The first kappa shape index (κ1) is 21.2. The smallest absolute Gasteiger partial charge is 0.0246 e. The molecule has 2 aliphatic rings. The van der Waals surface area contributed by atoms with Gasteiger partial charge in [0, 0.05) is 0 Å². The van der Waals surface area contributed by atoms with E-state index in [2.05, 4.69) is 65.0 Å². The predicted octanol–water partition coefficient (Wildman–Crippen LogP) is 7.38. The molecule has 2 fully saturated rings. The van der Waals surface area contributed by atoms with E-state index in [9.17, 15) is 0 Å². The van der Waals surface area contributed by atoms with Gasteiger partial charge in [-0.1, -0.05) is 86.2 Å². The molecule has 1 aromatic rings. The minimum absolute atomic E-state index is 0. The first-order valence-corrected chi connectivity index (χ1v) is 8.45. The van der Waals surface area contributed by atoms with Crippen LogP contribution in [0.15, 0.2) is 30.3 Å². The third-order valence-electron chi connectivity index (χ3n) is 6.61. The summed E-state index contributed by atoms with van der Waals surface area (Å²) in [5.74, 6) is 2.00. The highest BCUT2D eigenvalue weighted by Crippen LogP contribution is 2.67. The quantitative estimate of drug-likeness (QED) is 0.534. The molecule has 0 saturated heterocycles. The van der Waals surface area contributed by atoms with E-state index < -0.39 is 0 Å². The lowest BCUT2D eigenvalue weighted by atomic mass is 9.67. The molecule has 2 aliphatic carbocycles. The molecular weight excluding hydrogens is 264 g/mol. The van der Waals surface area contributed by atoms with Gasteiger partial charge < -0.3 is 0 Å². The number of aryl methyl sites for hydroxylation is 1. The molecular formula is C22H40. The summed E-state index contributed by atoms with van der Waals surface area (Å²) < 4.78 is 0. The van der Waals surface area contributed by atoms with E-state index in [1.807, 2.05) is 0 Å². The van der Waals surface area contributed by atoms with Crippen LogP contribution in [0.1, 0.15) is 80.7 Å². The molecule has 1 aromatic carbocycles. The zero-order valence-corrected chi connectivity index (χ0v) is 14.1. The third-order valence-corrected chi connectivity index (χ3v) is 6.61. The summed E-state index contributed by atoms with van der Waals surface area (Å²) in [4.78, 5) is 0. The van der Waals surface area contributed by atoms with Crippen molar-refractivity contribution >= 4 is 0 Å². The summed E-state index contributed by atoms with van der Waals surface area (Å²) >= 11 is 0. The molecule has 0 spiro atoms. The van der Waals surface area contributed by atoms with Gasteiger partial charge in [-0.15, -0.1) is 0 Å². The molecule has 3 rings (SSSR count). The van der Waals surface area contributed by atoms with Crippen molar-refractivity contribution < 1.29 is 0 Å². The van der Waals surface area contributed by atoms with Gasteiger partial charge in [0.25, 0.3) is 0 Å². The van der Waals surface area contributed by atoms with Gasteiger partial charge in [-0.05, 0) is 53.9 Å². The molecule has 128 valence electrons. The molecule has 2 bridgehead atoms. The monoisotopic (exact) mass is 304 g/mol. The highest BCUT2D eigenvalue weighted by atomic mass is 14.6. The fraction of sp³-hybridized carbons (Fsp3) is 0.727. The second-order valence-corrected chi connectivity index (χ2v) is 7.75. The van der Waals surface area contributed by atoms with Crippen LogP contribution in [0.5, 0.6) is 0 Å². The van der Waals surface area contributed by atoms with Crippen molar-refractivity contribution in [2.45, 2.75) is 81.6 Å². The van der Waals surface area contributed by atoms with E-state index >= 15 is 0 Å². The van der Waals surface area contributed by atoms with E-state index in [0.717, 1.165) is 11.8 Å². The van der Waals surface area contributed by atoms with Crippen molar-refractivity contribution in [1.82, 2.24) is 0 Å². The summed E-state index contributed by atoms with van der Waals surface area (Å²) in [6.07, 6.45) is 6.91. The molecule has 0 heteroatoms. The molecule has 0 aliphatic heterocycles. The highest BCUT2D eigenvalue weighted by molar-refractivity contribution is 5.14. The maximum Gasteiger partial charge on any atom is -0.0246 e. The average Bonchev–Trinajstić information content (AvgIpc) is 2.74. The van der Waals surface area contributed by atoms with Crippen LogP contribution in [0, 0.1) is 22.7 Å². The molecule has 0 aromatic heterocycles. The van der Waals surface area contributed by atoms with Crippen molar-refractivity contribution in [3.8, 4) is 0 Å². The highest BCUT2D eigenvalue weighted by Gasteiger charge is 2.59. The van der Waals surface area contributed by atoms with Crippen molar-refractivity contribution in [1.29, 1.82) is 0 Å². The van der Waals surface area contributed by atoms with E-state index in [4.69, 9.17) is 0 Å². The van der Waals surface area contributed by atoms with Gasteiger partial charge in [-0.25, -0.2) is 0 Å². The normalized spacial score (nSPS) is 30.6. The average molecular weight is 305 g/mol. The summed E-state index contributed by atoms with van der Waals surface area (Å²) in [6, 6.07) is 10.6. The third kappa shape index (κ3) is 3.76. The largest absolute Gasteiger partial charge is 0.0776 e. The zero-order valence-electron chi connectivity index (χ0n) is 14.1. The van der Waals surface area contributed by atoms with Crippen LogP contribution in [0.25, 0.3) is 0 Å². The molecule has 0 N–H and O–H groups in total. The zero-order chi connectivity index (χ0) is 14.8. The Morgan fingerprint density at radius 1 is 1.05 bits per heavy atom. The summed E-state index contributed by atoms with van der Waals surface area (Å²) in [6.45, 7) is 12.1. The van der Waals surface area contributed by atoms with Crippen molar-refractivity contribution in [3.05, 3.63) is 35.9 Å². The molecule has 0 heterocycles. The fourth-order valence-electron chi connectivity index (χ4n) is 4.54. The van der Waals surface area contributed by atoms with Gasteiger partial charge in [-0.2, -0.15) is 0 Å². The number of benzene rings is 1. The van der Waals surface area contributed by atoms with Gasteiger partial charge in [0.2, 0.25) is 0 Å². The van der Waals surface area contributed by atoms with Crippen LogP contribution in [0.3, 0.4) is 0 Å². The number of rotatable bonds is 2. The SMILES string of the molecule is C.C.CC1CC2CCC1(C)C2(C)C.CCCc1ccccc1. The number of fused-ring (bicyclic) bond motifs is 2. The van der Waals surface area contributed by atoms with E-state index in [0.29, 0.717) is 10.8 Å². The Morgan fingerprint density at radius 2 is 1.64 bits per heavy atom. The Kier molecular flexibility index (Phi) is 7.89. The lowest BCUT2D eigenvalue weighted by Crippen LogP contribution is -2.30. The Morgan fingerprint density at radius 3 is 1.95 bits per heavy atom. The summed E-state index contributed by atoms with van der Waals surface area (Å²) in [7, 11) is 0. The Labute approximate surface area is 140 Å². The van der Waals surface area contributed by atoms with Crippen LogP contribution in [-0.4, -0.2) is 0 Å². The second kappa shape index (κ2) is 8.18. The van der Waals surface area contributed by atoms with Crippen LogP contribution >= 0.6 is 0 Å². The Bertz CT molecular complexity index is 417. The minimum Gasteiger partial charge on any atom is -0.0776 e. The molecule has 0 radical (unpaired) electrons. The van der Waals surface area contributed by atoms with E-state index in [-0.39, 0.29) is 14.9 Å². The maximum absolute atomic E-state index is 2.50.